The van der Waals surface area contributed by atoms with Crippen LogP contribution >= 0.6 is 0 Å². The van der Waals surface area contributed by atoms with E-state index in [1.165, 1.54) is 0 Å². The minimum Gasteiger partial charge on any atom is -0.496 e. The molecule has 1 amide bonds. The summed E-state index contributed by atoms with van der Waals surface area (Å²) in [5.41, 5.74) is 4.08. The summed E-state index contributed by atoms with van der Waals surface area (Å²) in [7, 11) is 1.63. The first-order chi connectivity index (χ1) is 18.2. The monoisotopic (exact) mass is 496 g/mol. The van der Waals surface area contributed by atoms with Gasteiger partial charge in [-0.15, -0.1) is 0 Å². The van der Waals surface area contributed by atoms with Gasteiger partial charge in [0.1, 0.15) is 11.4 Å². The molecule has 7 nitrogen and oxygen atoms in total. The molecule has 0 radical (unpaired) electrons. The van der Waals surface area contributed by atoms with E-state index in [-0.39, 0.29) is 11.9 Å². The summed E-state index contributed by atoms with van der Waals surface area (Å²) >= 11 is 0. The second-order valence-corrected chi connectivity index (χ2v) is 9.12. The highest BCUT2D eigenvalue weighted by molar-refractivity contribution is 6.00. The first kappa shape index (κ1) is 24.7. The molecule has 4 aromatic rings. The SMILES string of the molecule is COc1ccccc1-c1nn(Cc2ccccc2)cc1C(=O)N[C@@H](CN1CCOCC1)c1ccccc1. The van der Waals surface area contributed by atoms with Crippen LogP contribution in [0, 0.1) is 0 Å². The molecule has 2 heterocycles. The van der Waals surface area contributed by atoms with E-state index in [1.54, 1.807) is 7.11 Å². The van der Waals surface area contributed by atoms with Crippen LogP contribution in [0.25, 0.3) is 11.3 Å². The Kier molecular flexibility index (Phi) is 7.93. The van der Waals surface area contributed by atoms with Crippen molar-refractivity contribution < 1.29 is 14.3 Å². The first-order valence-electron chi connectivity index (χ1n) is 12.6. The van der Waals surface area contributed by atoms with Crippen LogP contribution < -0.4 is 10.1 Å². The second kappa shape index (κ2) is 11.9. The highest BCUT2D eigenvalue weighted by Gasteiger charge is 2.25. The Labute approximate surface area is 217 Å². The lowest BCUT2D eigenvalue weighted by Gasteiger charge is -2.31. The number of hydrogen-bond acceptors (Lipinski definition) is 5. The number of amides is 1. The molecule has 1 atom stereocenters. The smallest absolute Gasteiger partial charge is 0.255 e. The number of ether oxygens (including phenoxy) is 2. The maximum absolute atomic E-state index is 13.9. The van der Waals surface area contributed by atoms with E-state index >= 15 is 0 Å². The van der Waals surface area contributed by atoms with Crippen molar-refractivity contribution in [2.45, 2.75) is 12.6 Å². The van der Waals surface area contributed by atoms with Crippen LogP contribution in [0.15, 0.2) is 91.1 Å². The topological polar surface area (TPSA) is 68.6 Å². The summed E-state index contributed by atoms with van der Waals surface area (Å²) < 4.78 is 13.0. The molecule has 1 saturated heterocycles. The van der Waals surface area contributed by atoms with Gasteiger partial charge < -0.3 is 14.8 Å². The summed E-state index contributed by atoms with van der Waals surface area (Å²) in [6.45, 7) is 4.38. The number of nitrogens with one attached hydrogen (secondary N) is 1. The Morgan fingerprint density at radius 1 is 0.973 bits per heavy atom. The molecule has 1 aromatic heterocycles. The zero-order valence-electron chi connectivity index (χ0n) is 21.0. The maximum Gasteiger partial charge on any atom is 0.255 e. The summed E-state index contributed by atoms with van der Waals surface area (Å²) in [6, 6.07) is 27.7. The lowest BCUT2D eigenvalue weighted by atomic mass is 10.0. The largest absolute Gasteiger partial charge is 0.496 e. The van der Waals surface area contributed by atoms with Gasteiger partial charge in [-0.1, -0.05) is 72.8 Å². The number of hydrogen-bond donors (Lipinski definition) is 1. The molecule has 1 fully saturated rings. The van der Waals surface area contributed by atoms with E-state index < -0.39 is 0 Å². The predicted molar refractivity (Wildman–Crippen MR) is 144 cm³/mol. The van der Waals surface area contributed by atoms with Crippen LogP contribution in [0.2, 0.25) is 0 Å². The summed E-state index contributed by atoms with van der Waals surface area (Å²) in [6.07, 6.45) is 1.83. The first-order valence-corrected chi connectivity index (χ1v) is 12.6. The van der Waals surface area contributed by atoms with Gasteiger partial charge in [0, 0.05) is 31.4 Å². The molecule has 0 saturated carbocycles. The van der Waals surface area contributed by atoms with E-state index in [9.17, 15) is 4.79 Å². The van der Waals surface area contributed by atoms with E-state index in [2.05, 4.69) is 34.5 Å². The molecule has 1 N–H and O–H groups in total. The van der Waals surface area contributed by atoms with Crippen LogP contribution in [0.4, 0.5) is 0 Å². The summed E-state index contributed by atoms with van der Waals surface area (Å²) in [5.74, 6) is 0.511. The Morgan fingerprint density at radius 2 is 1.65 bits per heavy atom. The van der Waals surface area contributed by atoms with Crippen molar-refractivity contribution in [2.24, 2.45) is 0 Å². The number of aromatic nitrogens is 2. The molecule has 3 aromatic carbocycles. The van der Waals surface area contributed by atoms with Crippen molar-refractivity contribution in [1.29, 1.82) is 0 Å². The van der Waals surface area contributed by atoms with Crippen LogP contribution in [-0.2, 0) is 11.3 Å². The number of nitrogens with zero attached hydrogens (tertiary/aromatic N) is 3. The standard InChI is InChI=1S/C30H32N4O3/c1-36-28-15-9-8-14-25(28)29-26(21-34(32-29)20-23-10-4-2-5-11-23)30(35)31-27(24-12-6-3-7-13-24)22-33-16-18-37-19-17-33/h2-15,21,27H,16-20,22H2,1H3,(H,31,35)/t27-/m0/s1. The zero-order valence-corrected chi connectivity index (χ0v) is 21.0. The highest BCUT2D eigenvalue weighted by atomic mass is 16.5. The Hall–Kier alpha value is -3.94. The van der Waals surface area contributed by atoms with Crippen molar-refractivity contribution in [2.75, 3.05) is 40.0 Å². The number of rotatable bonds is 9. The normalized spacial score (nSPS) is 14.7. The third-order valence-corrected chi connectivity index (χ3v) is 6.61. The number of carbonyl (C=O) groups is 1. The zero-order chi connectivity index (χ0) is 25.5. The third-order valence-electron chi connectivity index (χ3n) is 6.61. The Morgan fingerprint density at radius 3 is 2.38 bits per heavy atom. The quantitative estimate of drug-likeness (QED) is 0.372. The van der Waals surface area contributed by atoms with E-state index in [4.69, 9.17) is 14.6 Å². The van der Waals surface area contributed by atoms with Crippen molar-refractivity contribution in [3.05, 3.63) is 108 Å². The van der Waals surface area contributed by atoms with Gasteiger partial charge in [0.15, 0.2) is 0 Å². The third kappa shape index (κ3) is 6.07. The van der Waals surface area contributed by atoms with Gasteiger partial charge in [-0.2, -0.15) is 5.10 Å². The Bertz CT molecular complexity index is 1300. The molecule has 0 aliphatic carbocycles. The van der Waals surface area contributed by atoms with Gasteiger partial charge in [-0.25, -0.2) is 0 Å². The molecule has 7 heteroatoms. The number of carbonyl (C=O) groups excluding carboxylic acids is 1. The lowest BCUT2D eigenvalue weighted by molar-refractivity contribution is 0.0332. The minimum absolute atomic E-state index is 0.165. The number of para-hydroxylation sites is 1. The molecule has 1 aliphatic rings. The predicted octanol–water partition coefficient (Wildman–Crippen LogP) is 4.41. The Balaban J connectivity index is 1.48. The van der Waals surface area contributed by atoms with Gasteiger partial charge >= 0.3 is 0 Å². The van der Waals surface area contributed by atoms with E-state index in [0.717, 1.165) is 29.8 Å². The summed E-state index contributed by atoms with van der Waals surface area (Å²) in [5, 5.41) is 8.16. The fourth-order valence-electron chi connectivity index (χ4n) is 4.68. The van der Waals surface area contributed by atoms with Crippen LogP contribution in [0.1, 0.15) is 27.5 Å². The average Bonchev–Trinajstić information content (AvgIpc) is 3.38. The van der Waals surface area contributed by atoms with Crippen molar-refractivity contribution in [3.63, 3.8) is 0 Å². The number of benzene rings is 3. The van der Waals surface area contributed by atoms with Gasteiger partial charge in [-0.3, -0.25) is 14.4 Å². The van der Waals surface area contributed by atoms with Crippen LogP contribution in [-0.4, -0.2) is 60.5 Å². The minimum atomic E-state index is -0.171. The molecular formula is C30H32N4O3. The van der Waals surface area contributed by atoms with E-state index in [1.807, 2.05) is 71.5 Å². The fraction of sp³-hybridized carbons (Fsp3) is 0.267. The van der Waals surface area contributed by atoms with Crippen LogP contribution in [0.5, 0.6) is 5.75 Å². The molecule has 37 heavy (non-hydrogen) atoms. The summed E-state index contributed by atoms with van der Waals surface area (Å²) in [4.78, 5) is 16.2. The van der Waals surface area contributed by atoms with Crippen molar-refractivity contribution in [3.8, 4) is 17.0 Å². The highest BCUT2D eigenvalue weighted by Crippen LogP contribution is 2.31. The second-order valence-electron chi connectivity index (χ2n) is 9.12. The molecule has 5 rings (SSSR count). The van der Waals surface area contributed by atoms with Gasteiger partial charge in [0.2, 0.25) is 0 Å². The molecule has 0 spiro atoms. The van der Waals surface area contributed by atoms with Gasteiger partial charge in [0.05, 0.1) is 38.5 Å². The average molecular weight is 497 g/mol. The maximum atomic E-state index is 13.9. The lowest BCUT2D eigenvalue weighted by Crippen LogP contribution is -2.43. The van der Waals surface area contributed by atoms with Gasteiger partial charge in [-0.05, 0) is 23.3 Å². The molecular weight excluding hydrogens is 464 g/mol. The molecule has 190 valence electrons. The van der Waals surface area contributed by atoms with Crippen molar-refractivity contribution in [1.82, 2.24) is 20.0 Å². The van der Waals surface area contributed by atoms with Gasteiger partial charge in [0.25, 0.3) is 5.91 Å². The number of methoxy groups -OCH3 is 1. The number of morpholine rings is 1. The van der Waals surface area contributed by atoms with Crippen LogP contribution in [0.3, 0.4) is 0 Å². The molecule has 1 aliphatic heterocycles. The fourth-order valence-corrected chi connectivity index (χ4v) is 4.68. The van der Waals surface area contributed by atoms with Crippen molar-refractivity contribution >= 4 is 5.91 Å². The molecule has 0 unspecified atom stereocenters. The van der Waals surface area contributed by atoms with E-state index in [0.29, 0.717) is 43.3 Å². The molecule has 0 bridgehead atoms.